The Morgan fingerprint density at radius 3 is 2.62 bits per heavy atom. The molecule has 5 nitrogen and oxygen atoms in total. The van der Waals surface area contributed by atoms with Gasteiger partial charge in [-0.05, 0) is 37.5 Å². The molecule has 0 unspecified atom stereocenters. The SMILES string of the molecule is CCn1ncc(CNCc2ccc(OCC(C)C)c(OC)c2)c1C. The highest BCUT2D eigenvalue weighted by Gasteiger charge is 2.08. The van der Waals surface area contributed by atoms with Crippen molar-refractivity contribution in [2.24, 2.45) is 5.92 Å². The van der Waals surface area contributed by atoms with Crippen LogP contribution in [0.4, 0.5) is 0 Å². The summed E-state index contributed by atoms with van der Waals surface area (Å²) in [5.74, 6) is 2.07. The number of hydrogen-bond donors (Lipinski definition) is 1. The molecule has 0 fully saturated rings. The molecule has 0 atom stereocenters. The highest BCUT2D eigenvalue weighted by Crippen LogP contribution is 2.28. The second-order valence-electron chi connectivity index (χ2n) is 6.36. The van der Waals surface area contributed by atoms with Gasteiger partial charge in [0.05, 0.1) is 19.9 Å². The van der Waals surface area contributed by atoms with E-state index in [0.29, 0.717) is 12.5 Å². The van der Waals surface area contributed by atoms with E-state index in [-0.39, 0.29) is 0 Å². The van der Waals surface area contributed by atoms with Gasteiger partial charge in [-0.3, -0.25) is 4.68 Å². The quantitative estimate of drug-likeness (QED) is 0.763. The summed E-state index contributed by atoms with van der Waals surface area (Å²) < 4.78 is 13.3. The molecule has 0 aliphatic carbocycles. The Hall–Kier alpha value is -2.01. The van der Waals surface area contributed by atoms with Gasteiger partial charge in [-0.15, -0.1) is 0 Å². The number of rotatable bonds is 9. The van der Waals surface area contributed by atoms with Gasteiger partial charge < -0.3 is 14.8 Å². The predicted molar refractivity (Wildman–Crippen MR) is 96.5 cm³/mol. The van der Waals surface area contributed by atoms with Crippen molar-refractivity contribution >= 4 is 0 Å². The first-order valence-corrected chi connectivity index (χ1v) is 8.56. The molecule has 1 aromatic heterocycles. The maximum atomic E-state index is 5.79. The van der Waals surface area contributed by atoms with Crippen LogP contribution in [0.5, 0.6) is 11.5 Å². The van der Waals surface area contributed by atoms with E-state index in [1.807, 2.05) is 23.0 Å². The van der Waals surface area contributed by atoms with Gasteiger partial charge in [0.1, 0.15) is 0 Å². The van der Waals surface area contributed by atoms with Gasteiger partial charge in [-0.2, -0.15) is 5.10 Å². The molecule has 5 heteroatoms. The van der Waals surface area contributed by atoms with Crippen LogP contribution in [0.2, 0.25) is 0 Å². The van der Waals surface area contributed by atoms with E-state index in [2.05, 4.69) is 44.2 Å². The number of hydrogen-bond acceptors (Lipinski definition) is 4. The third kappa shape index (κ3) is 4.74. The fourth-order valence-electron chi connectivity index (χ4n) is 2.52. The molecule has 132 valence electrons. The van der Waals surface area contributed by atoms with Crippen molar-refractivity contribution in [3.8, 4) is 11.5 Å². The summed E-state index contributed by atoms with van der Waals surface area (Å²) in [6.45, 7) is 11.7. The van der Waals surface area contributed by atoms with Gasteiger partial charge in [0.15, 0.2) is 11.5 Å². The Kier molecular flexibility index (Phi) is 6.67. The summed E-state index contributed by atoms with van der Waals surface area (Å²) in [4.78, 5) is 0. The van der Waals surface area contributed by atoms with Gasteiger partial charge in [0.2, 0.25) is 0 Å². The first kappa shape index (κ1) is 18.3. The highest BCUT2D eigenvalue weighted by molar-refractivity contribution is 5.43. The lowest BCUT2D eigenvalue weighted by atomic mass is 10.2. The zero-order valence-corrected chi connectivity index (χ0v) is 15.4. The zero-order valence-electron chi connectivity index (χ0n) is 15.4. The minimum absolute atomic E-state index is 0.489. The molecule has 0 amide bonds. The summed E-state index contributed by atoms with van der Waals surface area (Å²) in [5, 5.41) is 7.84. The molecule has 1 aromatic carbocycles. The van der Waals surface area contributed by atoms with Crippen LogP contribution in [-0.2, 0) is 19.6 Å². The van der Waals surface area contributed by atoms with E-state index < -0.39 is 0 Å². The second kappa shape index (κ2) is 8.73. The Morgan fingerprint density at radius 1 is 1.21 bits per heavy atom. The first-order valence-electron chi connectivity index (χ1n) is 8.56. The van der Waals surface area contributed by atoms with Crippen LogP contribution in [0.15, 0.2) is 24.4 Å². The summed E-state index contributed by atoms with van der Waals surface area (Å²) in [5.41, 5.74) is 3.63. The molecule has 0 aliphatic heterocycles. The summed E-state index contributed by atoms with van der Waals surface area (Å²) in [6.07, 6.45) is 1.94. The average Bonchev–Trinajstić information content (AvgIpc) is 2.93. The van der Waals surface area contributed by atoms with E-state index in [1.165, 1.54) is 16.8 Å². The van der Waals surface area contributed by atoms with Crippen molar-refractivity contribution < 1.29 is 9.47 Å². The minimum atomic E-state index is 0.489. The molecule has 2 rings (SSSR count). The third-order valence-corrected chi connectivity index (χ3v) is 3.95. The number of ether oxygens (including phenoxy) is 2. The summed E-state index contributed by atoms with van der Waals surface area (Å²) in [7, 11) is 1.68. The maximum Gasteiger partial charge on any atom is 0.161 e. The van der Waals surface area contributed by atoms with Gasteiger partial charge in [-0.25, -0.2) is 0 Å². The van der Waals surface area contributed by atoms with Crippen molar-refractivity contribution in [1.82, 2.24) is 15.1 Å². The number of nitrogens with one attached hydrogen (secondary N) is 1. The van der Waals surface area contributed by atoms with Crippen LogP contribution >= 0.6 is 0 Å². The normalized spacial score (nSPS) is 11.1. The van der Waals surface area contributed by atoms with Gasteiger partial charge in [0, 0.05) is 30.9 Å². The Bertz CT molecular complexity index is 650. The highest BCUT2D eigenvalue weighted by atomic mass is 16.5. The van der Waals surface area contributed by atoms with E-state index >= 15 is 0 Å². The smallest absolute Gasteiger partial charge is 0.161 e. The van der Waals surface area contributed by atoms with Gasteiger partial charge in [0.25, 0.3) is 0 Å². The predicted octanol–water partition coefficient (Wildman–Crippen LogP) is 3.54. The molecule has 0 spiro atoms. The maximum absolute atomic E-state index is 5.79. The molecular formula is C19H29N3O2. The molecule has 0 saturated carbocycles. The minimum Gasteiger partial charge on any atom is -0.493 e. The fourth-order valence-corrected chi connectivity index (χ4v) is 2.52. The van der Waals surface area contributed by atoms with Crippen LogP contribution < -0.4 is 14.8 Å². The summed E-state index contributed by atoms with van der Waals surface area (Å²) >= 11 is 0. The lowest BCUT2D eigenvalue weighted by Gasteiger charge is -2.14. The molecule has 1 heterocycles. The number of methoxy groups -OCH3 is 1. The molecule has 0 radical (unpaired) electrons. The summed E-state index contributed by atoms with van der Waals surface area (Å²) in [6, 6.07) is 6.09. The molecule has 2 aromatic rings. The third-order valence-electron chi connectivity index (χ3n) is 3.95. The lowest BCUT2D eigenvalue weighted by molar-refractivity contribution is 0.256. The molecular weight excluding hydrogens is 302 g/mol. The first-order chi connectivity index (χ1) is 11.5. The molecule has 0 aliphatic rings. The number of aromatic nitrogens is 2. The van der Waals surface area contributed by atoms with Crippen molar-refractivity contribution in [2.45, 2.75) is 47.3 Å². The number of aryl methyl sites for hydroxylation is 1. The molecule has 0 saturated heterocycles. The largest absolute Gasteiger partial charge is 0.493 e. The zero-order chi connectivity index (χ0) is 17.5. The van der Waals surface area contributed by atoms with Gasteiger partial charge >= 0.3 is 0 Å². The topological polar surface area (TPSA) is 48.3 Å². The van der Waals surface area contributed by atoms with Gasteiger partial charge in [-0.1, -0.05) is 19.9 Å². The Labute approximate surface area is 145 Å². The van der Waals surface area contributed by atoms with Crippen LogP contribution in [0.3, 0.4) is 0 Å². The van der Waals surface area contributed by atoms with E-state index in [4.69, 9.17) is 9.47 Å². The van der Waals surface area contributed by atoms with Crippen molar-refractivity contribution in [3.63, 3.8) is 0 Å². The van der Waals surface area contributed by atoms with E-state index in [9.17, 15) is 0 Å². The lowest BCUT2D eigenvalue weighted by Crippen LogP contribution is -2.13. The van der Waals surface area contributed by atoms with Crippen LogP contribution in [0.1, 0.15) is 37.6 Å². The number of nitrogens with zero attached hydrogens (tertiary/aromatic N) is 2. The van der Waals surface area contributed by atoms with Crippen molar-refractivity contribution in [2.75, 3.05) is 13.7 Å². The molecule has 1 N–H and O–H groups in total. The van der Waals surface area contributed by atoms with E-state index in [0.717, 1.165) is 31.1 Å². The number of benzene rings is 1. The Balaban J connectivity index is 1.93. The van der Waals surface area contributed by atoms with Crippen LogP contribution in [0, 0.1) is 12.8 Å². The molecule has 0 bridgehead atoms. The second-order valence-corrected chi connectivity index (χ2v) is 6.36. The molecule has 24 heavy (non-hydrogen) atoms. The van der Waals surface area contributed by atoms with Crippen LogP contribution in [0.25, 0.3) is 0 Å². The monoisotopic (exact) mass is 331 g/mol. The Morgan fingerprint density at radius 2 is 2.00 bits per heavy atom. The van der Waals surface area contributed by atoms with E-state index in [1.54, 1.807) is 7.11 Å². The van der Waals surface area contributed by atoms with Crippen molar-refractivity contribution in [1.29, 1.82) is 0 Å². The standard InChI is InChI=1S/C19H29N3O2/c1-6-22-15(4)17(12-21-22)11-20-10-16-7-8-18(19(9-16)23-5)24-13-14(2)3/h7-9,12,14,20H,6,10-11,13H2,1-5H3. The van der Waals surface area contributed by atoms with Crippen LogP contribution in [-0.4, -0.2) is 23.5 Å². The van der Waals surface area contributed by atoms with Crippen molar-refractivity contribution in [3.05, 3.63) is 41.2 Å². The average molecular weight is 331 g/mol. The fraction of sp³-hybridized carbons (Fsp3) is 0.526.